The number of carbonyl (C=O) groups excluding carboxylic acids is 6. The molecule has 4 saturated heterocycles. The van der Waals surface area contributed by atoms with Crippen molar-refractivity contribution < 1.29 is 88.2 Å². The van der Waals surface area contributed by atoms with Crippen LogP contribution in [-0.2, 0) is 42.9 Å². The Kier molecular flexibility index (Phi) is 25.3. The SMILES string of the molecule is CNC1=N[C@@H]2[C@@H](O)[C@H](O[C@@H]3O[C@H](CO)[C@@H](O[C@@H]4O[C@H](CO)[C@@H](O)[C@@H](O)[C@H]4NC(C)=O)[C@@H](O)[C@H]3NC(=O)CCSSCCNC(=O)C(CCCCNC(=O)CCCCC3SCC4NC(=O)NC43)NC(=O)c3ccc(N=NN)cc3)[C@@H](CO)[C@@H]2O1. The van der Waals surface area contributed by atoms with Gasteiger partial charge in [-0.3, -0.25) is 24.0 Å². The van der Waals surface area contributed by atoms with Gasteiger partial charge in [-0.2, -0.15) is 11.8 Å². The van der Waals surface area contributed by atoms with Crippen LogP contribution in [-0.4, -0.2) is 244 Å². The Morgan fingerprint density at radius 1 is 0.819 bits per heavy atom. The number of fused-ring (bicyclic) bond motifs is 2. The Morgan fingerprint density at radius 2 is 1.53 bits per heavy atom. The van der Waals surface area contributed by atoms with Crippen molar-refractivity contribution in [3.8, 4) is 0 Å². The van der Waals surface area contributed by atoms with Crippen molar-refractivity contribution in [3.63, 3.8) is 0 Å². The van der Waals surface area contributed by atoms with Crippen LogP contribution in [0.4, 0.5) is 10.5 Å². The molecule has 0 spiro atoms. The molecule has 4 unspecified atom stereocenters. The third-order valence-corrected chi connectivity index (χ3v) is 19.0. The number of urea groups is 1. The first kappa shape index (κ1) is 65.7. The molecule has 0 radical (unpaired) electrons. The van der Waals surface area contributed by atoms with E-state index in [4.69, 9.17) is 29.5 Å². The number of nitrogens with zero attached hydrogens (tertiary/aromatic N) is 3. The first-order chi connectivity index (χ1) is 40.0. The predicted octanol–water partition coefficient (Wildman–Crippen LogP) is -3.75. The van der Waals surface area contributed by atoms with Crippen LogP contribution in [0.3, 0.4) is 0 Å². The summed E-state index contributed by atoms with van der Waals surface area (Å²) in [5.74, 6) is 3.47. The summed E-state index contributed by atoms with van der Waals surface area (Å²) in [6.45, 7) is -0.438. The number of thioether (sulfide) groups is 1. The summed E-state index contributed by atoms with van der Waals surface area (Å²) in [5.41, 5.74) is 0.704. The first-order valence-corrected chi connectivity index (χ1v) is 31.2. The molecule has 83 heavy (non-hydrogen) atoms. The summed E-state index contributed by atoms with van der Waals surface area (Å²) in [6.07, 6.45) is -12.3. The van der Waals surface area contributed by atoms with E-state index in [1.165, 1.54) is 33.7 Å². The highest BCUT2D eigenvalue weighted by Crippen LogP contribution is 2.40. The molecule has 33 heteroatoms. The predicted molar refractivity (Wildman–Crippen MR) is 300 cm³/mol. The lowest BCUT2D eigenvalue weighted by Gasteiger charge is -2.48. The zero-order chi connectivity index (χ0) is 59.7. The van der Waals surface area contributed by atoms with Crippen LogP contribution < -0.4 is 48.4 Å². The minimum atomic E-state index is -1.81. The third-order valence-electron chi connectivity index (χ3n) is 15.0. The number of amidine groups is 1. The van der Waals surface area contributed by atoms with Crippen LogP contribution in [0.15, 0.2) is 39.6 Å². The maximum atomic E-state index is 13.7. The molecule has 5 fully saturated rings. The fourth-order valence-corrected chi connectivity index (χ4v) is 14.2. The number of nitrogens with one attached hydrogen (secondary N) is 8. The summed E-state index contributed by atoms with van der Waals surface area (Å²) >= 11 is 1.83. The molecule has 464 valence electrons. The maximum absolute atomic E-state index is 13.7. The molecule has 5 aliphatic heterocycles. The number of aliphatic hydroxyl groups excluding tert-OH is 7. The first-order valence-electron chi connectivity index (χ1n) is 27.6. The van der Waals surface area contributed by atoms with Crippen molar-refractivity contribution in [2.45, 2.75) is 167 Å². The molecule has 0 bridgehead atoms. The number of hydrogen-bond acceptors (Lipinski definition) is 25. The Hall–Kier alpha value is -4.88. The number of aliphatic hydroxyl groups is 7. The number of amides is 7. The second-order valence-corrected chi connectivity index (χ2v) is 24.7. The van der Waals surface area contributed by atoms with Gasteiger partial charge in [-0.15, -0.1) is 5.11 Å². The second kappa shape index (κ2) is 32.0. The molecular formula is C50H78N12O18S3. The van der Waals surface area contributed by atoms with Gasteiger partial charge >= 0.3 is 6.03 Å². The minimum Gasteiger partial charge on any atom is -0.459 e. The van der Waals surface area contributed by atoms with Crippen LogP contribution in [0.1, 0.15) is 68.6 Å². The van der Waals surface area contributed by atoms with E-state index in [-0.39, 0.29) is 60.7 Å². The van der Waals surface area contributed by atoms with Crippen molar-refractivity contribution in [3.05, 3.63) is 29.8 Å². The molecule has 1 saturated carbocycles. The number of unbranched alkanes of at least 4 members (excludes halogenated alkanes) is 2. The van der Waals surface area contributed by atoms with Crippen LogP contribution in [0, 0.1) is 5.92 Å². The topological polar surface area (TPSA) is 450 Å². The molecule has 19 atom stereocenters. The number of aliphatic imine (C=N–C) groups is 1. The van der Waals surface area contributed by atoms with E-state index >= 15 is 0 Å². The second-order valence-electron chi connectivity index (χ2n) is 20.7. The molecule has 17 N–H and O–H groups in total. The van der Waals surface area contributed by atoms with Gasteiger partial charge in [0.1, 0.15) is 73.0 Å². The summed E-state index contributed by atoms with van der Waals surface area (Å²) in [7, 11) is 4.22. The number of nitrogens with two attached hydrogens (primary N) is 1. The van der Waals surface area contributed by atoms with Crippen LogP contribution in [0.25, 0.3) is 0 Å². The highest BCUT2D eigenvalue weighted by molar-refractivity contribution is 8.76. The van der Waals surface area contributed by atoms with Gasteiger partial charge in [-0.05, 0) is 56.4 Å². The summed E-state index contributed by atoms with van der Waals surface area (Å²) < 4.78 is 30.0. The summed E-state index contributed by atoms with van der Waals surface area (Å²) in [6, 6.07) is 1.68. The Labute approximate surface area is 490 Å². The quantitative estimate of drug-likeness (QED) is 0.00878. The van der Waals surface area contributed by atoms with Crippen molar-refractivity contribution in [2.75, 3.05) is 57.2 Å². The van der Waals surface area contributed by atoms with E-state index in [0.717, 1.165) is 25.5 Å². The molecule has 0 aromatic heterocycles. The number of hydrogen-bond donors (Lipinski definition) is 16. The van der Waals surface area contributed by atoms with Crippen LogP contribution in [0.2, 0.25) is 0 Å². The summed E-state index contributed by atoms with van der Waals surface area (Å²) in [4.78, 5) is 81.5. The zero-order valence-electron chi connectivity index (χ0n) is 45.9. The van der Waals surface area contributed by atoms with E-state index in [9.17, 15) is 64.5 Å². The molecule has 1 aromatic rings. The van der Waals surface area contributed by atoms with E-state index in [0.29, 0.717) is 48.9 Å². The number of rotatable bonds is 30. The Bertz CT molecular complexity index is 2400. The van der Waals surface area contributed by atoms with Crippen molar-refractivity contribution >= 4 is 80.6 Å². The minimum absolute atomic E-state index is 0.0767. The van der Waals surface area contributed by atoms with E-state index in [1.54, 1.807) is 19.2 Å². The maximum Gasteiger partial charge on any atom is 0.315 e. The average Bonchev–Trinajstić information content (AvgIpc) is 3.98. The van der Waals surface area contributed by atoms with Crippen LogP contribution >= 0.6 is 33.3 Å². The third kappa shape index (κ3) is 17.4. The fraction of sp³-hybridized carbons (Fsp3) is 0.740. The van der Waals surface area contributed by atoms with Crippen molar-refractivity contribution in [1.82, 2.24) is 42.5 Å². The number of carbonyl (C=O) groups is 6. The van der Waals surface area contributed by atoms with Crippen molar-refractivity contribution in [2.24, 2.45) is 27.1 Å². The average molecular weight is 1230 g/mol. The molecule has 6 aliphatic rings. The highest BCUT2D eigenvalue weighted by Gasteiger charge is 2.58. The monoisotopic (exact) mass is 1230 g/mol. The van der Waals surface area contributed by atoms with Gasteiger partial charge in [-0.1, -0.05) is 33.2 Å². The Balaban J connectivity index is 0.899. The largest absolute Gasteiger partial charge is 0.459 e. The molecule has 7 rings (SSSR count). The van der Waals surface area contributed by atoms with Gasteiger partial charge in [0.05, 0.1) is 49.6 Å². The summed E-state index contributed by atoms with van der Waals surface area (Å²) in [5, 5.41) is 106. The highest BCUT2D eigenvalue weighted by atomic mass is 33.1. The molecule has 7 amide bonds. The molecule has 1 aliphatic carbocycles. The lowest BCUT2D eigenvalue weighted by Crippen LogP contribution is -2.69. The molecule has 5 heterocycles. The Morgan fingerprint density at radius 3 is 2.23 bits per heavy atom. The van der Waals surface area contributed by atoms with E-state index in [2.05, 4.69) is 57.9 Å². The van der Waals surface area contributed by atoms with E-state index in [1.807, 2.05) is 11.8 Å². The van der Waals surface area contributed by atoms with Crippen LogP contribution in [0.5, 0.6) is 0 Å². The molecule has 30 nitrogen and oxygen atoms in total. The van der Waals surface area contributed by atoms with Gasteiger partial charge in [0.2, 0.25) is 23.6 Å². The molecule has 1 aromatic carbocycles. The molecular weight excluding hydrogens is 1150 g/mol. The zero-order valence-corrected chi connectivity index (χ0v) is 48.3. The number of benzene rings is 1. The lowest BCUT2D eigenvalue weighted by molar-refractivity contribution is -0.339. The van der Waals surface area contributed by atoms with Gasteiger partial charge in [0.25, 0.3) is 11.9 Å². The number of ether oxygens (including phenoxy) is 5. The smallest absolute Gasteiger partial charge is 0.315 e. The standard InChI is InChI=1S/C50H78N12O18S3/c1-23(66)55-36-39(70)38(69)29(20-64)76-47(36)79-44-30(21-65)77-48(78-43-26(19-63)42-35(40(43)71)60-50(52-2)80-42)37(41(44)72)58-33(68)14-17-82-83-18-16-54-46(74)27(56-45(73)24-10-12-25(13-11-24)61-62-51)7-5-6-15-53-32(67)9-4-3-8-31-34-28(22-81-31)57-49(75)59-34/h10-13,26-31,34-44,47-48,63-65,69-72H,3-9,14-22H2,1-2H3,(H2,51,61)(H,52,60)(H,53,67)(H,54,74)(H,55,66)(H,56,73)(H,58,68)(H2,57,59,75)/t26-,27?,28?,29+,30+,31?,34?,35+,36+,37+,38+,39-,40+,41-,42-,43+,44+,47-,48-/m0/s1. The van der Waals surface area contributed by atoms with Gasteiger partial charge in [-0.25, -0.2) is 9.79 Å². The fourth-order valence-electron chi connectivity index (χ4n) is 10.8. The van der Waals surface area contributed by atoms with Gasteiger partial charge in [0, 0.05) is 68.0 Å². The van der Waals surface area contributed by atoms with Gasteiger partial charge in [0.15, 0.2) is 12.6 Å². The lowest BCUT2D eigenvalue weighted by atomic mass is 9.94. The van der Waals surface area contributed by atoms with E-state index < -0.39 is 141 Å². The van der Waals surface area contributed by atoms with Crippen molar-refractivity contribution in [1.29, 1.82) is 0 Å². The normalized spacial score (nSPS) is 33.0. The van der Waals surface area contributed by atoms with Gasteiger partial charge < -0.3 is 108 Å².